The zero-order valence-electron chi connectivity index (χ0n) is 16.2. The first-order chi connectivity index (χ1) is 13.7. The molecule has 0 aliphatic rings. The minimum atomic E-state index is -0.507. The lowest BCUT2D eigenvalue weighted by Crippen LogP contribution is -2.12. The predicted molar refractivity (Wildman–Crippen MR) is 114 cm³/mol. The molecular formula is C20H20Cl2N2O4S. The molecule has 0 aliphatic heterocycles. The van der Waals surface area contributed by atoms with Crippen LogP contribution in [0.15, 0.2) is 18.2 Å². The van der Waals surface area contributed by atoms with Crippen LogP contribution in [0.5, 0.6) is 5.75 Å². The number of nitriles is 1. The van der Waals surface area contributed by atoms with Gasteiger partial charge in [-0.05, 0) is 51.0 Å². The summed E-state index contributed by atoms with van der Waals surface area (Å²) in [7, 11) is 0. The fourth-order valence-corrected chi connectivity index (χ4v) is 3.91. The highest BCUT2D eigenvalue weighted by atomic mass is 35.5. The van der Waals surface area contributed by atoms with Crippen molar-refractivity contribution in [1.82, 2.24) is 0 Å². The Bertz CT molecular complexity index is 951. The molecule has 1 amide bonds. The van der Waals surface area contributed by atoms with Crippen molar-refractivity contribution in [3.8, 4) is 11.8 Å². The zero-order chi connectivity index (χ0) is 21.6. The zero-order valence-corrected chi connectivity index (χ0v) is 18.5. The number of esters is 1. The van der Waals surface area contributed by atoms with Crippen molar-refractivity contribution in [3.63, 3.8) is 0 Å². The van der Waals surface area contributed by atoms with Crippen molar-refractivity contribution >= 4 is 51.4 Å². The number of nitrogens with one attached hydrogen (secondary N) is 1. The fourth-order valence-electron chi connectivity index (χ4n) is 2.39. The van der Waals surface area contributed by atoms with E-state index in [0.717, 1.165) is 11.3 Å². The largest absolute Gasteiger partial charge is 0.492 e. The van der Waals surface area contributed by atoms with Gasteiger partial charge in [0.1, 0.15) is 21.7 Å². The Morgan fingerprint density at radius 3 is 2.66 bits per heavy atom. The molecular weight excluding hydrogens is 435 g/mol. The highest BCUT2D eigenvalue weighted by Crippen LogP contribution is 2.33. The monoisotopic (exact) mass is 454 g/mol. The molecule has 1 aromatic heterocycles. The van der Waals surface area contributed by atoms with E-state index in [9.17, 15) is 14.9 Å². The molecule has 2 rings (SSSR count). The number of carbonyl (C=O) groups excluding carboxylic acids is 2. The third kappa shape index (κ3) is 6.36. The summed E-state index contributed by atoms with van der Waals surface area (Å²) < 4.78 is 10.7. The molecule has 0 saturated carbocycles. The van der Waals surface area contributed by atoms with Gasteiger partial charge >= 0.3 is 5.97 Å². The first-order valence-corrected chi connectivity index (χ1v) is 10.4. The first kappa shape index (κ1) is 23.0. The topological polar surface area (TPSA) is 88.4 Å². The van der Waals surface area contributed by atoms with Gasteiger partial charge in [0.05, 0.1) is 23.3 Å². The molecule has 1 aromatic carbocycles. The van der Waals surface area contributed by atoms with E-state index in [1.54, 1.807) is 39.0 Å². The fraction of sp³-hybridized carbons (Fsp3) is 0.350. The van der Waals surface area contributed by atoms with Gasteiger partial charge in [0, 0.05) is 11.4 Å². The number of hydrogen-bond acceptors (Lipinski definition) is 6. The average molecular weight is 455 g/mol. The van der Waals surface area contributed by atoms with Crippen LogP contribution < -0.4 is 10.1 Å². The van der Waals surface area contributed by atoms with Crippen LogP contribution in [-0.4, -0.2) is 24.6 Å². The van der Waals surface area contributed by atoms with Gasteiger partial charge in [-0.2, -0.15) is 5.26 Å². The lowest BCUT2D eigenvalue weighted by atomic mass is 10.1. The SMILES string of the molecule is Cc1c(C(=O)OC(C)C)sc(NC(=O)CCCOc2ccc(Cl)cc2Cl)c1C#N. The molecule has 0 spiro atoms. The van der Waals surface area contributed by atoms with E-state index in [2.05, 4.69) is 5.32 Å². The van der Waals surface area contributed by atoms with Gasteiger partial charge in [-0.15, -0.1) is 11.3 Å². The van der Waals surface area contributed by atoms with Crippen molar-refractivity contribution < 1.29 is 19.1 Å². The van der Waals surface area contributed by atoms with Crippen molar-refractivity contribution in [1.29, 1.82) is 5.26 Å². The van der Waals surface area contributed by atoms with Gasteiger partial charge in [-0.25, -0.2) is 4.79 Å². The van der Waals surface area contributed by atoms with Crippen molar-refractivity contribution in [2.24, 2.45) is 0 Å². The molecule has 29 heavy (non-hydrogen) atoms. The highest BCUT2D eigenvalue weighted by Gasteiger charge is 2.23. The molecule has 9 heteroatoms. The van der Waals surface area contributed by atoms with Gasteiger partial charge in [0.15, 0.2) is 0 Å². The van der Waals surface area contributed by atoms with Crippen molar-refractivity contribution in [2.45, 2.75) is 39.7 Å². The quantitative estimate of drug-likeness (QED) is 0.414. The maximum atomic E-state index is 12.2. The van der Waals surface area contributed by atoms with Gasteiger partial charge in [-0.3, -0.25) is 4.79 Å². The third-order valence-electron chi connectivity index (χ3n) is 3.74. The van der Waals surface area contributed by atoms with E-state index in [1.165, 1.54) is 0 Å². The molecule has 1 N–H and O–H groups in total. The minimum absolute atomic E-state index is 0.179. The molecule has 0 unspecified atom stereocenters. The van der Waals surface area contributed by atoms with Crippen LogP contribution in [-0.2, 0) is 9.53 Å². The number of hydrogen-bond donors (Lipinski definition) is 1. The number of nitrogens with zero attached hydrogens (tertiary/aromatic N) is 1. The third-order valence-corrected chi connectivity index (χ3v) is 5.46. The highest BCUT2D eigenvalue weighted by molar-refractivity contribution is 7.18. The Morgan fingerprint density at radius 1 is 1.31 bits per heavy atom. The number of amides is 1. The van der Waals surface area contributed by atoms with Crippen LogP contribution in [0.3, 0.4) is 0 Å². The predicted octanol–water partition coefficient (Wildman–Crippen LogP) is 5.60. The van der Waals surface area contributed by atoms with Crippen LogP contribution in [0.4, 0.5) is 5.00 Å². The summed E-state index contributed by atoms with van der Waals surface area (Å²) in [6.45, 7) is 5.43. The molecule has 2 aromatic rings. The van der Waals surface area contributed by atoms with Crippen LogP contribution >= 0.6 is 34.5 Å². The van der Waals surface area contributed by atoms with E-state index in [0.29, 0.717) is 37.7 Å². The Labute approximate surface area is 183 Å². The Hall–Kier alpha value is -2.27. The Kier molecular flexibility index (Phi) is 8.32. The van der Waals surface area contributed by atoms with Crippen molar-refractivity contribution in [2.75, 3.05) is 11.9 Å². The molecule has 0 saturated heterocycles. The lowest BCUT2D eigenvalue weighted by molar-refractivity contribution is -0.116. The molecule has 0 atom stereocenters. The van der Waals surface area contributed by atoms with E-state index >= 15 is 0 Å². The summed E-state index contributed by atoms with van der Waals surface area (Å²) in [5.41, 5.74) is 0.766. The second-order valence-electron chi connectivity index (χ2n) is 6.40. The average Bonchev–Trinajstić information content (AvgIpc) is 2.95. The Morgan fingerprint density at radius 2 is 2.03 bits per heavy atom. The molecule has 0 fully saturated rings. The number of anilines is 1. The minimum Gasteiger partial charge on any atom is -0.492 e. The number of halogens is 2. The number of benzene rings is 1. The second-order valence-corrected chi connectivity index (χ2v) is 8.27. The van der Waals surface area contributed by atoms with Gasteiger partial charge < -0.3 is 14.8 Å². The number of carbonyl (C=O) groups is 2. The smallest absolute Gasteiger partial charge is 0.348 e. The van der Waals surface area contributed by atoms with E-state index in [1.807, 2.05) is 6.07 Å². The Balaban J connectivity index is 1.93. The summed E-state index contributed by atoms with van der Waals surface area (Å²) in [5.74, 6) is -0.296. The van der Waals surface area contributed by atoms with Crippen LogP contribution in [0.25, 0.3) is 0 Å². The van der Waals surface area contributed by atoms with Crippen LogP contribution in [0.1, 0.15) is 47.5 Å². The van der Waals surface area contributed by atoms with Gasteiger partial charge in [0.2, 0.25) is 5.91 Å². The van der Waals surface area contributed by atoms with Crippen molar-refractivity contribution in [3.05, 3.63) is 44.2 Å². The molecule has 0 aliphatic carbocycles. The molecule has 6 nitrogen and oxygen atoms in total. The lowest BCUT2D eigenvalue weighted by Gasteiger charge is -2.08. The van der Waals surface area contributed by atoms with Crippen LogP contribution in [0, 0.1) is 18.3 Å². The van der Waals surface area contributed by atoms with Gasteiger partial charge in [0.25, 0.3) is 0 Å². The summed E-state index contributed by atoms with van der Waals surface area (Å²) in [6.07, 6.45) is 0.347. The summed E-state index contributed by atoms with van der Waals surface area (Å²) in [6, 6.07) is 6.94. The molecule has 0 bridgehead atoms. The molecule has 154 valence electrons. The second kappa shape index (κ2) is 10.5. The first-order valence-electron chi connectivity index (χ1n) is 8.85. The summed E-state index contributed by atoms with van der Waals surface area (Å²) in [5, 5.41) is 13.3. The van der Waals surface area contributed by atoms with E-state index in [-0.39, 0.29) is 30.6 Å². The maximum Gasteiger partial charge on any atom is 0.348 e. The molecule has 0 radical (unpaired) electrons. The van der Waals surface area contributed by atoms with E-state index in [4.69, 9.17) is 32.7 Å². The van der Waals surface area contributed by atoms with Crippen LogP contribution in [0.2, 0.25) is 10.0 Å². The number of thiophene rings is 1. The molecule has 1 heterocycles. The summed E-state index contributed by atoms with van der Waals surface area (Å²) >= 11 is 12.9. The normalized spacial score (nSPS) is 10.5. The maximum absolute atomic E-state index is 12.2. The number of ether oxygens (including phenoxy) is 2. The summed E-state index contributed by atoms with van der Waals surface area (Å²) in [4.78, 5) is 24.7. The number of rotatable bonds is 8. The van der Waals surface area contributed by atoms with Gasteiger partial charge in [-0.1, -0.05) is 23.2 Å². The standard InChI is InChI=1S/C20H20Cl2N2O4S/c1-11(2)28-20(26)18-12(3)14(10-23)19(29-18)24-17(25)5-4-8-27-16-7-6-13(21)9-15(16)22/h6-7,9,11H,4-5,8H2,1-3H3,(H,24,25). The van der Waals surface area contributed by atoms with E-state index < -0.39 is 5.97 Å².